The third kappa shape index (κ3) is 2.66. The quantitative estimate of drug-likeness (QED) is 0.886. The maximum Gasteiger partial charge on any atom is 0.123 e. The number of nitrogens with zero attached hydrogens (tertiary/aromatic N) is 1. The van der Waals surface area contributed by atoms with Crippen LogP contribution in [0.4, 0.5) is 4.39 Å². The van der Waals surface area contributed by atoms with E-state index in [0.29, 0.717) is 0 Å². The van der Waals surface area contributed by atoms with E-state index in [9.17, 15) is 4.39 Å². The van der Waals surface area contributed by atoms with Gasteiger partial charge in [0, 0.05) is 23.6 Å². The lowest BCUT2D eigenvalue weighted by molar-refractivity contribution is 0.175. The summed E-state index contributed by atoms with van der Waals surface area (Å²) in [6.45, 7) is 5.55. The van der Waals surface area contributed by atoms with E-state index in [-0.39, 0.29) is 5.82 Å². The van der Waals surface area contributed by atoms with Gasteiger partial charge in [-0.3, -0.25) is 4.90 Å². The lowest BCUT2D eigenvalue weighted by atomic mass is 9.94. The van der Waals surface area contributed by atoms with Crippen LogP contribution in [-0.4, -0.2) is 23.0 Å². The van der Waals surface area contributed by atoms with E-state index < -0.39 is 0 Å². The van der Waals surface area contributed by atoms with Crippen LogP contribution >= 0.6 is 0 Å². The second-order valence-corrected chi connectivity index (χ2v) is 5.63. The molecule has 1 N–H and O–H groups in total. The SMILES string of the molecule is CCC1CCN(Cc2c[nH]c3ccc(F)cc23)CC1. The smallest absolute Gasteiger partial charge is 0.123 e. The van der Waals surface area contributed by atoms with Crippen molar-refractivity contribution in [3.8, 4) is 0 Å². The monoisotopic (exact) mass is 260 g/mol. The number of hydrogen-bond donors (Lipinski definition) is 1. The molecule has 0 unspecified atom stereocenters. The Hall–Kier alpha value is -1.35. The van der Waals surface area contributed by atoms with Crippen molar-refractivity contribution < 1.29 is 4.39 Å². The van der Waals surface area contributed by atoms with Crippen molar-refractivity contribution in [2.75, 3.05) is 13.1 Å². The van der Waals surface area contributed by atoms with Gasteiger partial charge in [0.2, 0.25) is 0 Å². The Morgan fingerprint density at radius 1 is 1.32 bits per heavy atom. The van der Waals surface area contributed by atoms with Gasteiger partial charge in [0.1, 0.15) is 5.82 Å². The first-order chi connectivity index (χ1) is 9.26. The molecule has 3 heteroatoms. The second kappa shape index (κ2) is 5.33. The van der Waals surface area contributed by atoms with Gasteiger partial charge in [0.15, 0.2) is 0 Å². The maximum atomic E-state index is 13.3. The van der Waals surface area contributed by atoms with Gasteiger partial charge in [-0.1, -0.05) is 13.3 Å². The first kappa shape index (κ1) is 12.7. The molecule has 3 rings (SSSR count). The highest BCUT2D eigenvalue weighted by molar-refractivity contribution is 5.83. The molecule has 2 aromatic rings. The van der Waals surface area contributed by atoms with Crippen LogP contribution in [0.1, 0.15) is 31.7 Å². The van der Waals surface area contributed by atoms with E-state index in [2.05, 4.69) is 16.8 Å². The second-order valence-electron chi connectivity index (χ2n) is 5.63. The van der Waals surface area contributed by atoms with Crippen molar-refractivity contribution in [3.63, 3.8) is 0 Å². The minimum Gasteiger partial charge on any atom is -0.361 e. The third-order valence-corrected chi connectivity index (χ3v) is 4.41. The van der Waals surface area contributed by atoms with Gasteiger partial charge in [-0.2, -0.15) is 0 Å². The number of nitrogens with one attached hydrogen (secondary N) is 1. The predicted molar refractivity (Wildman–Crippen MR) is 76.5 cm³/mol. The van der Waals surface area contributed by atoms with E-state index in [1.807, 2.05) is 12.3 Å². The summed E-state index contributed by atoms with van der Waals surface area (Å²) in [7, 11) is 0. The Bertz CT molecular complexity index is 553. The molecule has 1 aliphatic rings. The molecule has 1 fully saturated rings. The number of H-pyrrole nitrogens is 1. The molecule has 0 spiro atoms. The molecule has 0 atom stereocenters. The van der Waals surface area contributed by atoms with Gasteiger partial charge in [-0.15, -0.1) is 0 Å². The van der Waals surface area contributed by atoms with Gasteiger partial charge in [-0.25, -0.2) is 4.39 Å². The average Bonchev–Trinajstić information content (AvgIpc) is 2.82. The zero-order valence-corrected chi connectivity index (χ0v) is 11.5. The molecular weight excluding hydrogens is 239 g/mol. The molecule has 0 amide bonds. The highest BCUT2D eigenvalue weighted by atomic mass is 19.1. The van der Waals surface area contributed by atoms with E-state index >= 15 is 0 Å². The fraction of sp³-hybridized carbons (Fsp3) is 0.500. The lowest BCUT2D eigenvalue weighted by Gasteiger charge is -2.31. The number of piperidine rings is 1. The van der Waals surface area contributed by atoms with E-state index in [1.165, 1.54) is 44.0 Å². The molecule has 0 radical (unpaired) electrons. The molecule has 2 heterocycles. The van der Waals surface area contributed by atoms with E-state index in [1.54, 1.807) is 6.07 Å². The highest BCUT2D eigenvalue weighted by Gasteiger charge is 2.18. The number of aromatic amines is 1. The topological polar surface area (TPSA) is 19.0 Å². The molecule has 0 aliphatic carbocycles. The minimum absolute atomic E-state index is 0.155. The number of aromatic nitrogens is 1. The normalized spacial score (nSPS) is 18.2. The van der Waals surface area contributed by atoms with Crippen LogP contribution in [0.3, 0.4) is 0 Å². The molecule has 1 aromatic carbocycles. The van der Waals surface area contributed by atoms with Crippen LogP contribution in [0.2, 0.25) is 0 Å². The largest absolute Gasteiger partial charge is 0.361 e. The molecule has 1 saturated heterocycles. The van der Waals surface area contributed by atoms with Crippen LogP contribution in [-0.2, 0) is 6.54 Å². The predicted octanol–water partition coefficient (Wildman–Crippen LogP) is 3.93. The number of rotatable bonds is 3. The first-order valence-electron chi connectivity index (χ1n) is 7.24. The number of halogens is 1. The summed E-state index contributed by atoms with van der Waals surface area (Å²) in [6, 6.07) is 4.97. The van der Waals surface area contributed by atoms with Crippen LogP contribution in [0.25, 0.3) is 10.9 Å². The average molecular weight is 260 g/mol. The maximum absolute atomic E-state index is 13.3. The summed E-state index contributed by atoms with van der Waals surface area (Å²) in [6.07, 6.45) is 5.92. The number of benzene rings is 1. The lowest BCUT2D eigenvalue weighted by Crippen LogP contribution is -2.32. The summed E-state index contributed by atoms with van der Waals surface area (Å²) in [5.41, 5.74) is 2.24. The highest BCUT2D eigenvalue weighted by Crippen LogP contribution is 2.24. The first-order valence-corrected chi connectivity index (χ1v) is 7.24. The summed E-state index contributed by atoms with van der Waals surface area (Å²) in [5, 5.41) is 1.03. The van der Waals surface area contributed by atoms with Crippen molar-refractivity contribution in [1.82, 2.24) is 9.88 Å². The molecule has 19 heavy (non-hydrogen) atoms. The van der Waals surface area contributed by atoms with Gasteiger partial charge in [0.25, 0.3) is 0 Å². The van der Waals surface area contributed by atoms with E-state index in [4.69, 9.17) is 0 Å². The fourth-order valence-electron chi connectivity index (χ4n) is 3.08. The van der Waals surface area contributed by atoms with Gasteiger partial charge >= 0.3 is 0 Å². The standard InChI is InChI=1S/C16H21FN2/c1-2-12-5-7-19(8-6-12)11-13-10-18-16-4-3-14(17)9-15(13)16/h3-4,9-10,12,18H,2,5-8,11H2,1H3. The van der Waals surface area contributed by atoms with Crippen LogP contribution < -0.4 is 0 Å². The van der Waals surface area contributed by atoms with Crippen molar-refractivity contribution in [1.29, 1.82) is 0 Å². The zero-order chi connectivity index (χ0) is 13.2. The Kier molecular flexibility index (Phi) is 3.56. The minimum atomic E-state index is -0.155. The zero-order valence-electron chi connectivity index (χ0n) is 11.5. The molecular formula is C16H21FN2. The molecule has 0 bridgehead atoms. The van der Waals surface area contributed by atoms with E-state index in [0.717, 1.165) is 23.4 Å². The van der Waals surface area contributed by atoms with Crippen molar-refractivity contribution in [2.45, 2.75) is 32.7 Å². The Morgan fingerprint density at radius 3 is 2.84 bits per heavy atom. The van der Waals surface area contributed by atoms with Gasteiger partial charge in [0.05, 0.1) is 0 Å². The van der Waals surface area contributed by atoms with Crippen LogP contribution in [0.15, 0.2) is 24.4 Å². The summed E-state index contributed by atoms with van der Waals surface area (Å²) in [4.78, 5) is 5.72. The van der Waals surface area contributed by atoms with Crippen molar-refractivity contribution >= 4 is 10.9 Å². The summed E-state index contributed by atoms with van der Waals surface area (Å²) in [5.74, 6) is 0.745. The Labute approximate surface area is 113 Å². The van der Waals surface area contributed by atoms with Crippen LogP contribution in [0, 0.1) is 11.7 Å². The molecule has 1 aliphatic heterocycles. The van der Waals surface area contributed by atoms with Crippen LogP contribution in [0.5, 0.6) is 0 Å². The Balaban J connectivity index is 1.73. The summed E-state index contributed by atoms with van der Waals surface area (Å²) >= 11 is 0. The number of likely N-dealkylation sites (tertiary alicyclic amines) is 1. The number of fused-ring (bicyclic) bond motifs is 1. The molecule has 2 nitrogen and oxygen atoms in total. The molecule has 0 saturated carbocycles. The van der Waals surface area contributed by atoms with Gasteiger partial charge < -0.3 is 4.98 Å². The third-order valence-electron chi connectivity index (χ3n) is 4.41. The van der Waals surface area contributed by atoms with Crippen molar-refractivity contribution in [2.24, 2.45) is 5.92 Å². The molecule has 102 valence electrons. The number of hydrogen-bond acceptors (Lipinski definition) is 1. The molecule has 1 aromatic heterocycles. The van der Waals surface area contributed by atoms with Crippen molar-refractivity contribution in [3.05, 3.63) is 35.8 Å². The fourth-order valence-corrected chi connectivity index (χ4v) is 3.08. The Morgan fingerprint density at radius 2 is 2.11 bits per heavy atom. The summed E-state index contributed by atoms with van der Waals surface area (Å²) < 4.78 is 13.3. The van der Waals surface area contributed by atoms with Gasteiger partial charge in [-0.05, 0) is 55.6 Å².